The number of rotatable bonds is 3. The molecule has 1 aromatic rings. The molecule has 0 aliphatic carbocycles. The molecule has 0 radical (unpaired) electrons. The highest BCUT2D eigenvalue weighted by Gasteiger charge is 2.22. The molecule has 80 valence electrons. The van der Waals surface area contributed by atoms with Gasteiger partial charge in [-0.25, -0.2) is 4.39 Å². The van der Waals surface area contributed by atoms with Crippen LogP contribution in [0.4, 0.5) is 4.39 Å². The van der Waals surface area contributed by atoms with E-state index in [1.54, 1.807) is 7.05 Å². The maximum Gasteiger partial charge on any atom is 0.155 e. The van der Waals surface area contributed by atoms with Crippen molar-refractivity contribution in [3.05, 3.63) is 16.4 Å². The Bertz CT molecular complexity index is 322. The van der Waals surface area contributed by atoms with Gasteiger partial charge in [0.25, 0.3) is 0 Å². The molecule has 0 spiro atoms. The van der Waals surface area contributed by atoms with Gasteiger partial charge >= 0.3 is 0 Å². The lowest BCUT2D eigenvalue weighted by atomic mass is 10.1. The Morgan fingerprint density at radius 1 is 1.57 bits per heavy atom. The number of nitrogens with zero attached hydrogens (tertiary/aromatic N) is 2. The van der Waals surface area contributed by atoms with Crippen molar-refractivity contribution in [2.75, 3.05) is 6.54 Å². The van der Waals surface area contributed by atoms with Crippen LogP contribution >= 0.6 is 11.6 Å². The van der Waals surface area contributed by atoms with E-state index in [2.05, 4.69) is 5.10 Å². The molecule has 1 atom stereocenters. The smallest absolute Gasteiger partial charge is 0.155 e. The van der Waals surface area contributed by atoms with E-state index in [9.17, 15) is 4.39 Å². The van der Waals surface area contributed by atoms with Crippen molar-refractivity contribution < 1.29 is 4.39 Å². The first-order valence-electron chi connectivity index (χ1n) is 4.55. The van der Waals surface area contributed by atoms with Crippen molar-refractivity contribution in [1.82, 2.24) is 9.78 Å². The van der Waals surface area contributed by atoms with Gasteiger partial charge in [-0.15, -0.1) is 0 Å². The third-order valence-corrected chi connectivity index (χ3v) is 2.49. The first-order chi connectivity index (χ1) is 6.49. The zero-order valence-electron chi connectivity index (χ0n) is 8.59. The zero-order valence-corrected chi connectivity index (χ0v) is 9.35. The molecular formula is C9H15ClFN3. The number of aryl methyl sites for hydroxylation is 1. The van der Waals surface area contributed by atoms with Gasteiger partial charge in [0.15, 0.2) is 6.17 Å². The Kier molecular flexibility index (Phi) is 3.50. The molecule has 1 unspecified atom stereocenters. The summed E-state index contributed by atoms with van der Waals surface area (Å²) < 4.78 is 14.9. The molecule has 0 saturated carbocycles. The fourth-order valence-electron chi connectivity index (χ4n) is 1.35. The minimum absolute atomic E-state index is 0.0726. The average Bonchev–Trinajstić information content (AvgIpc) is 2.41. The Hall–Kier alpha value is -0.610. The normalized spacial score (nSPS) is 13.6. The predicted molar refractivity (Wildman–Crippen MR) is 55.2 cm³/mol. The van der Waals surface area contributed by atoms with Gasteiger partial charge in [-0.1, -0.05) is 25.4 Å². The molecule has 3 nitrogen and oxygen atoms in total. The van der Waals surface area contributed by atoms with Crippen LogP contribution < -0.4 is 5.73 Å². The van der Waals surface area contributed by atoms with Gasteiger partial charge < -0.3 is 5.73 Å². The first-order valence-corrected chi connectivity index (χ1v) is 4.93. The number of nitrogens with two attached hydrogens (primary N) is 1. The van der Waals surface area contributed by atoms with Crippen LogP contribution in [0.5, 0.6) is 0 Å². The molecule has 1 rings (SSSR count). The Balaban J connectivity index is 3.17. The lowest BCUT2D eigenvalue weighted by Crippen LogP contribution is -2.11. The quantitative estimate of drug-likeness (QED) is 0.847. The van der Waals surface area contributed by atoms with Crippen molar-refractivity contribution in [2.45, 2.75) is 25.9 Å². The predicted octanol–water partition coefficient (Wildman–Crippen LogP) is 2.17. The third-order valence-electron chi connectivity index (χ3n) is 2.11. The van der Waals surface area contributed by atoms with E-state index < -0.39 is 6.17 Å². The van der Waals surface area contributed by atoms with E-state index in [0.717, 1.165) is 5.69 Å². The summed E-state index contributed by atoms with van der Waals surface area (Å²) in [5.74, 6) is 0.187. The Morgan fingerprint density at radius 3 is 2.50 bits per heavy atom. The van der Waals surface area contributed by atoms with Crippen molar-refractivity contribution in [2.24, 2.45) is 12.8 Å². The van der Waals surface area contributed by atoms with E-state index in [1.807, 2.05) is 13.8 Å². The molecule has 0 saturated heterocycles. The summed E-state index contributed by atoms with van der Waals surface area (Å²) in [5.41, 5.74) is 6.35. The maximum absolute atomic E-state index is 13.4. The highest BCUT2D eigenvalue weighted by molar-refractivity contribution is 6.32. The van der Waals surface area contributed by atoms with Crippen molar-refractivity contribution >= 4 is 11.6 Å². The minimum atomic E-state index is -1.24. The monoisotopic (exact) mass is 219 g/mol. The Morgan fingerprint density at radius 2 is 2.14 bits per heavy atom. The van der Waals surface area contributed by atoms with E-state index >= 15 is 0 Å². The van der Waals surface area contributed by atoms with Crippen LogP contribution in [0.3, 0.4) is 0 Å². The van der Waals surface area contributed by atoms with Crippen LogP contribution in [0.25, 0.3) is 0 Å². The summed E-state index contributed by atoms with van der Waals surface area (Å²) in [5, 5.41) is 4.57. The lowest BCUT2D eigenvalue weighted by molar-refractivity contribution is 0.334. The van der Waals surface area contributed by atoms with Crippen LogP contribution in [0.1, 0.15) is 37.3 Å². The van der Waals surface area contributed by atoms with Crippen LogP contribution in [0, 0.1) is 0 Å². The van der Waals surface area contributed by atoms with Gasteiger partial charge in [-0.2, -0.15) is 5.10 Å². The summed E-state index contributed by atoms with van der Waals surface area (Å²) in [6.07, 6.45) is -1.24. The zero-order chi connectivity index (χ0) is 10.9. The highest BCUT2D eigenvalue weighted by atomic mass is 35.5. The van der Waals surface area contributed by atoms with E-state index in [1.165, 1.54) is 4.68 Å². The summed E-state index contributed by atoms with van der Waals surface area (Å²) in [6.45, 7) is 3.86. The largest absolute Gasteiger partial charge is 0.327 e. The molecule has 1 heterocycles. The summed E-state index contributed by atoms with van der Waals surface area (Å²) in [6, 6.07) is 0. The first kappa shape index (κ1) is 11.5. The maximum atomic E-state index is 13.4. The third kappa shape index (κ3) is 1.91. The number of hydrogen-bond acceptors (Lipinski definition) is 2. The Labute approximate surface area is 88.0 Å². The molecule has 14 heavy (non-hydrogen) atoms. The van der Waals surface area contributed by atoms with Crippen molar-refractivity contribution in [3.63, 3.8) is 0 Å². The van der Waals surface area contributed by atoms with E-state index in [0.29, 0.717) is 10.7 Å². The fraction of sp³-hybridized carbons (Fsp3) is 0.667. The summed E-state index contributed by atoms with van der Waals surface area (Å²) in [7, 11) is 1.68. The van der Waals surface area contributed by atoms with Gasteiger partial charge in [0.2, 0.25) is 0 Å². The van der Waals surface area contributed by atoms with Crippen molar-refractivity contribution in [1.29, 1.82) is 0 Å². The summed E-state index contributed by atoms with van der Waals surface area (Å²) >= 11 is 6.02. The molecule has 1 aromatic heterocycles. The van der Waals surface area contributed by atoms with Gasteiger partial charge in [0.1, 0.15) is 0 Å². The summed E-state index contributed by atoms with van der Waals surface area (Å²) in [4.78, 5) is 0. The second-order valence-electron chi connectivity index (χ2n) is 3.57. The lowest BCUT2D eigenvalue weighted by Gasteiger charge is -2.05. The van der Waals surface area contributed by atoms with Gasteiger partial charge in [0.05, 0.1) is 16.4 Å². The molecule has 0 bridgehead atoms. The fourth-order valence-corrected chi connectivity index (χ4v) is 1.85. The number of halogens is 2. The van der Waals surface area contributed by atoms with Crippen LogP contribution in [0.2, 0.25) is 5.02 Å². The van der Waals surface area contributed by atoms with Crippen LogP contribution in [-0.4, -0.2) is 16.3 Å². The van der Waals surface area contributed by atoms with Gasteiger partial charge in [-0.05, 0) is 5.92 Å². The van der Waals surface area contributed by atoms with Crippen molar-refractivity contribution in [3.8, 4) is 0 Å². The topological polar surface area (TPSA) is 43.8 Å². The van der Waals surface area contributed by atoms with E-state index in [4.69, 9.17) is 17.3 Å². The second kappa shape index (κ2) is 4.28. The molecular weight excluding hydrogens is 205 g/mol. The van der Waals surface area contributed by atoms with Gasteiger partial charge in [0, 0.05) is 13.6 Å². The standard InChI is InChI=1S/C9H15ClFN3/c1-5(2)8-7(10)9(6(11)4-12)14(3)13-8/h5-6H,4,12H2,1-3H3. The molecule has 5 heteroatoms. The molecule has 0 fully saturated rings. The van der Waals surface area contributed by atoms with E-state index in [-0.39, 0.29) is 12.5 Å². The number of aromatic nitrogens is 2. The SMILES string of the molecule is CC(C)c1nn(C)c(C(F)CN)c1Cl. The minimum Gasteiger partial charge on any atom is -0.327 e. The van der Waals surface area contributed by atoms with Crippen LogP contribution in [-0.2, 0) is 7.05 Å². The molecule has 0 aliphatic rings. The molecule has 0 amide bonds. The average molecular weight is 220 g/mol. The molecule has 2 N–H and O–H groups in total. The number of hydrogen-bond donors (Lipinski definition) is 1. The van der Waals surface area contributed by atoms with Gasteiger partial charge in [-0.3, -0.25) is 4.68 Å². The van der Waals surface area contributed by atoms with Crippen LogP contribution in [0.15, 0.2) is 0 Å². The number of alkyl halides is 1. The highest BCUT2D eigenvalue weighted by Crippen LogP contribution is 2.31. The molecule has 0 aliphatic heterocycles. The second-order valence-corrected chi connectivity index (χ2v) is 3.94. The molecule has 0 aromatic carbocycles.